The summed E-state index contributed by atoms with van der Waals surface area (Å²) in [5.74, 6) is 1.95. The van der Waals surface area contributed by atoms with Crippen LogP contribution in [0.3, 0.4) is 0 Å². The van der Waals surface area contributed by atoms with E-state index in [1.165, 1.54) is 5.56 Å². The van der Waals surface area contributed by atoms with Crippen molar-refractivity contribution >= 4 is 34.3 Å². The maximum atomic E-state index is 6.25. The summed E-state index contributed by atoms with van der Waals surface area (Å²) in [5, 5.41) is 1.77. The highest BCUT2D eigenvalue weighted by Crippen LogP contribution is 2.25. The molecule has 1 unspecified atom stereocenters. The molecule has 1 atom stereocenters. The average molecular weight is 295 g/mol. The van der Waals surface area contributed by atoms with Crippen LogP contribution in [0.5, 0.6) is 0 Å². The second-order valence-electron chi connectivity index (χ2n) is 4.95. The number of pyridine rings is 1. The fourth-order valence-corrected chi connectivity index (χ4v) is 3.26. The summed E-state index contributed by atoms with van der Waals surface area (Å²) in [7, 11) is 0. The van der Waals surface area contributed by atoms with Crippen LogP contribution in [0.1, 0.15) is 24.5 Å². The van der Waals surface area contributed by atoms with Crippen LogP contribution >= 0.6 is 23.4 Å². The fourth-order valence-electron chi connectivity index (χ4n) is 1.85. The molecular formula is C15H19ClN2S. The van der Waals surface area contributed by atoms with E-state index in [1.54, 1.807) is 0 Å². The Kier molecular flexibility index (Phi) is 5.08. The molecule has 0 aliphatic rings. The van der Waals surface area contributed by atoms with Gasteiger partial charge in [-0.05, 0) is 43.7 Å². The van der Waals surface area contributed by atoms with Crippen molar-refractivity contribution in [3.05, 3.63) is 40.5 Å². The molecule has 1 aromatic heterocycles. The quantitative estimate of drug-likeness (QED) is 0.664. The number of nitrogens with two attached hydrogens (primary N) is 1. The molecule has 0 spiro atoms. The molecule has 0 aliphatic carbocycles. The summed E-state index contributed by atoms with van der Waals surface area (Å²) in [6, 6.07) is 8.67. The van der Waals surface area contributed by atoms with Crippen molar-refractivity contribution in [3.63, 3.8) is 0 Å². The molecule has 2 rings (SSSR count). The molecule has 0 saturated heterocycles. The number of aryl methyl sites for hydroxylation is 1. The molecule has 2 aromatic rings. The average Bonchev–Trinajstić information content (AvgIpc) is 2.34. The number of rotatable bonds is 5. The Morgan fingerprint density at radius 3 is 2.89 bits per heavy atom. The predicted molar refractivity (Wildman–Crippen MR) is 85.9 cm³/mol. The Morgan fingerprint density at radius 2 is 2.16 bits per heavy atom. The van der Waals surface area contributed by atoms with Crippen molar-refractivity contribution in [1.82, 2.24) is 4.98 Å². The Labute approximate surface area is 123 Å². The Morgan fingerprint density at radius 1 is 1.37 bits per heavy atom. The maximum absolute atomic E-state index is 6.25. The van der Waals surface area contributed by atoms with Gasteiger partial charge in [-0.2, -0.15) is 11.8 Å². The lowest BCUT2D eigenvalue weighted by Gasteiger charge is -2.08. The molecule has 102 valence electrons. The number of benzene rings is 1. The van der Waals surface area contributed by atoms with Gasteiger partial charge >= 0.3 is 0 Å². The molecule has 0 saturated carbocycles. The second kappa shape index (κ2) is 6.60. The molecule has 1 heterocycles. The first-order chi connectivity index (χ1) is 9.06. The highest BCUT2D eigenvalue weighted by atomic mass is 35.5. The minimum absolute atomic E-state index is 0.265. The van der Waals surface area contributed by atoms with Crippen LogP contribution < -0.4 is 5.73 Å². The normalized spacial score (nSPS) is 12.8. The van der Waals surface area contributed by atoms with Gasteiger partial charge in [0.25, 0.3) is 0 Å². The van der Waals surface area contributed by atoms with Gasteiger partial charge in [0.1, 0.15) is 5.15 Å². The van der Waals surface area contributed by atoms with Crippen LogP contribution in [0.4, 0.5) is 0 Å². The number of fused-ring (bicyclic) bond motifs is 1. The van der Waals surface area contributed by atoms with Gasteiger partial charge in [-0.3, -0.25) is 0 Å². The van der Waals surface area contributed by atoms with Crippen LogP contribution in [0.2, 0.25) is 5.15 Å². The molecule has 4 heteroatoms. The largest absolute Gasteiger partial charge is 0.328 e. The van der Waals surface area contributed by atoms with E-state index in [0.29, 0.717) is 5.15 Å². The summed E-state index contributed by atoms with van der Waals surface area (Å²) < 4.78 is 0. The maximum Gasteiger partial charge on any atom is 0.133 e. The molecular weight excluding hydrogens is 276 g/mol. The van der Waals surface area contributed by atoms with Gasteiger partial charge in [0.2, 0.25) is 0 Å². The lowest BCUT2D eigenvalue weighted by molar-refractivity contribution is 0.721. The Bertz CT molecular complexity index is 569. The number of hydrogen-bond donors (Lipinski definition) is 1. The first kappa shape index (κ1) is 14.6. The van der Waals surface area contributed by atoms with Gasteiger partial charge in [0.15, 0.2) is 0 Å². The van der Waals surface area contributed by atoms with E-state index >= 15 is 0 Å². The van der Waals surface area contributed by atoms with E-state index in [2.05, 4.69) is 36.2 Å². The molecule has 19 heavy (non-hydrogen) atoms. The smallest absolute Gasteiger partial charge is 0.133 e. The Balaban J connectivity index is 2.10. The lowest BCUT2D eigenvalue weighted by atomic mass is 10.1. The molecule has 0 aliphatic heterocycles. The zero-order chi connectivity index (χ0) is 13.8. The minimum atomic E-state index is 0.265. The van der Waals surface area contributed by atoms with Crippen LogP contribution in [0, 0.1) is 6.92 Å². The van der Waals surface area contributed by atoms with E-state index in [0.717, 1.165) is 34.4 Å². The van der Waals surface area contributed by atoms with Crippen molar-refractivity contribution < 1.29 is 0 Å². The topological polar surface area (TPSA) is 38.9 Å². The molecule has 0 amide bonds. The number of hydrogen-bond acceptors (Lipinski definition) is 3. The van der Waals surface area contributed by atoms with Gasteiger partial charge < -0.3 is 5.73 Å². The predicted octanol–water partition coefficient (Wildman–Crippen LogP) is 4.17. The van der Waals surface area contributed by atoms with Crippen molar-refractivity contribution in [2.24, 2.45) is 5.73 Å². The third-order valence-corrected chi connectivity index (χ3v) is 4.34. The SMILES string of the molecule is Cc1ccc2cc(CSCCC(C)N)c(Cl)nc2c1. The zero-order valence-electron chi connectivity index (χ0n) is 11.3. The van der Waals surface area contributed by atoms with E-state index in [1.807, 2.05) is 18.7 Å². The van der Waals surface area contributed by atoms with Gasteiger partial charge in [-0.25, -0.2) is 4.98 Å². The highest BCUT2D eigenvalue weighted by molar-refractivity contribution is 7.98. The molecule has 2 N–H and O–H groups in total. The first-order valence-electron chi connectivity index (χ1n) is 6.45. The number of aromatic nitrogens is 1. The lowest BCUT2D eigenvalue weighted by Crippen LogP contribution is -2.15. The minimum Gasteiger partial charge on any atom is -0.328 e. The summed E-state index contributed by atoms with van der Waals surface area (Å²) in [4.78, 5) is 4.48. The van der Waals surface area contributed by atoms with Crippen LogP contribution in [0.25, 0.3) is 10.9 Å². The molecule has 1 aromatic carbocycles. The summed E-state index contributed by atoms with van der Waals surface area (Å²) >= 11 is 8.10. The third kappa shape index (κ3) is 4.10. The van der Waals surface area contributed by atoms with E-state index < -0.39 is 0 Å². The van der Waals surface area contributed by atoms with Crippen LogP contribution in [-0.2, 0) is 5.75 Å². The second-order valence-corrected chi connectivity index (χ2v) is 6.42. The standard InChI is InChI=1S/C15H19ClN2S/c1-10-3-4-12-8-13(9-19-6-5-11(2)17)15(16)18-14(12)7-10/h3-4,7-8,11H,5-6,9,17H2,1-2H3. The van der Waals surface area contributed by atoms with Gasteiger partial charge in [-0.15, -0.1) is 0 Å². The van der Waals surface area contributed by atoms with E-state index in [9.17, 15) is 0 Å². The summed E-state index contributed by atoms with van der Waals surface area (Å²) in [6.45, 7) is 4.10. The van der Waals surface area contributed by atoms with Crippen molar-refractivity contribution in [3.8, 4) is 0 Å². The molecule has 2 nitrogen and oxygen atoms in total. The van der Waals surface area contributed by atoms with Crippen molar-refractivity contribution in [1.29, 1.82) is 0 Å². The number of nitrogens with zero attached hydrogens (tertiary/aromatic N) is 1. The highest BCUT2D eigenvalue weighted by Gasteiger charge is 2.06. The fraction of sp³-hybridized carbons (Fsp3) is 0.400. The number of halogens is 1. The summed E-state index contributed by atoms with van der Waals surface area (Å²) in [6.07, 6.45) is 1.03. The van der Waals surface area contributed by atoms with E-state index in [4.69, 9.17) is 17.3 Å². The third-order valence-electron chi connectivity index (χ3n) is 2.97. The van der Waals surface area contributed by atoms with Gasteiger partial charge in [-0.1, -0.05) is 23.7 Å². The Hall–Kier alpha value is -0.770. The van der Waals surface area contributed by atoms with Gasteiger partial charge in [0.05, 0.1) is 5.52 Å². The van der Waals surface area contributed by atoms with Crippen LogP contribution in [0.15, 0.2) is 24.3 Å². The van der Waals surface area contributed by atoms with Crippen molar-refractivity contribution in [2.75, 3.05) is 5.75 Å². The number of thioether (sulfide) groups is 1. The molecule has 0 fully saturated rings. The first-order valence-corrected chi connectivity index (χ1v) is 7.98. The summed E-state index contributed by atoms with van der Waals surface area (Å²) in [5.41, 5.74) is 9.01. The van der Waals surface area contributed by atoms with E-state index in [-0.39, 0.29) is 6.04 Å². The zero-order valence-corrected chi connectivity index (χ0v) is 12.9. The van der Waals surface area contributed by atoms with Crippen LogP contribution in [-0.4, -0.2) is 16.8 Å². The monoisotopic (exact) mass is 294 g/mol. The van der Waals surface area contributed by atoms with Crippen molar-refractivity contribution in [2.45, 2.75) is 32.1 Å². The molecule has 0 bridgehead atoms. The molecule has 0 radical (unpaired) electrons. The van der Waals surface area contributed by atoms with Gasteiger partial charge in [0, 0.05) is 22.7 Å².